The van der Waals surface area contributed by atoms with Crippen LogP contribution in [0.3, 0.4) is 0 Å². The maximum absolute atomic E-state index is 10.7. The molecule has 2 atom stereocenters. The highest BCUT2D eigenvalue weighted by atomic mass is 31.2. The van der Waals surface area contributed by atoms with Crippen LogP contribution in [0.1, 0.15) is 25.0 Å². The summed E-state index contributed by atoms with van der Waals surface area (Å²) in [5.41, 5.74) is 2.73. The van der Waals surface area contributed by atoms with Gasteiger partial charge in [-0.3, -0.25) is 19.2 Å². The zero-order chi connectivity index (χ0) is 25.1. The van der Waals surface area contributed by atoms with Crippen molar-refractivity contribution in [2.45, 2.75) is 32.6 Å². The number of β-amino-alcohol motifs (C(OH)–C–C–N with tert-alkyl or cyclic N) is 2. The lowest BCUT2D eigenvalue weighted by atomic mass is 10.1. The minimum atomic E-state index is -4.46. The maximum Gasteiger partial charge on any atom is 0.469 e. The Kier molecular flexibility index (Phi) is 12.1. The maximum atomic E-state index is 10.7. The number of nitrogens with zero attached hydrogens (tertiary/aromatic N) is 3. The van der Waals surface area contributed by atoms with Crippen molar-refractivity contribution in [2.75, 3.05) is 65.5 Å². The van der Waals surface area contributed by atoms with Crippen molar-refractivity contribution in [3.05, 3.63) is 42.0 Å². The molecule has 1 aromatic carbocycles. The third kappa shape index (κ3) is 11.9. The summed E-state index contributed by atoms with van der Waals surface area (Å²) in [5.74, 6) is 0. The number of aliphatic hydroxyl groups is 2. The Morgan fingerprint density at radius 2 is 1.44 bits per heavy atom. The Morgan fingerprint density at radius 1 is 0.971 bits per heavy atom. The van der Waals surface area contributed by atoms with Crippen LogP contribution < -0.4 is 5.32 Å². The van der Waals surface area contributed by atoms with Gasteiger partial charge in [-0.25, -0.2) is 4.57 Å². The molecule has 0 amide bonds. The van der Waals surface area contributed by atoms with E-state index in [1.807, 2.05) is 26.0 Å². The van der Waals surface area contributed by atoms with Gasteiger partial charge in [0.25, 0.3) is 0 Å². The summed E-state index contributed by atoms with van der Waals surface area (Å²) in [6, 6.07) is 8.07. The van der Waals surface area contributed by atoms with Crippen LogP contribution in [-0.4, -0.2) is 112 Å². The Hall–Kier alpha value is -1.33. The van der Waals surface area contributed by atoms with Crippen molar-refractivity contribution in [1.82, 2.24) is 20.0 Å². The molecule has 194 valence electrons. The van der Waals surface area contributed by atoms with E-state index >= 15 is 0 Å². The van der Waals surface area contributed by atoms with E-state index < -0.39 is 7.82 Å². The lowest BCUT2D eigenvalue weighted by Gasteiger charge is -2.27. The summed E-state index contributed by atoms with van der Waals surface area (Å²) < 4.78 is 15.2. The monoisotopic (exact) mass is 500 g/mol. The minimum absolute atomic E-state index is 0.117. The van der Waals surface area contributed by atoms with Crippen molar-refractivity contribution in [3.63, 3.8) is 0 Å². The second-order valence-corrected chi connectivity index (χ2v) is 10.2. The first-order chi connectivity index (χ1) is 16.0. The van der Waals surface area contributed by atoms with Gasteiger partial charge >= 0.3 is 7.82 Å². The van der Waals surface area contributed by atoms with E-state index in [1.54, 1.807) is 0 Å². The first-order valence-corrected chi connectivity index (χ1v) is 13.3. The molecule has 1 fully saturated rings. The van der Waals surface area contributed by atoms with Crippen LogP contribution in [0.2, 0.25) is 0 Å². The van der Waals surface area contributed by atoms with Crippen molar-refractivity contribution in [1.29, 1.82) is 0 Å². The summed E-state index contributed by atoms with van der Waals surface area (Å²) in [6.07, 6.45) is -0.756. The fourth-order valence-electron chi connectivity index (χ4n) is 3.99. The molecule has 1 aromatic rings. The summed E-state index contributed by atoms with van der Waals surface area (Å²) in [4.78, 5) is 24.4. The van der Waals surface area contributed by atoms with Gasteiger partial charge in [0.2, 0.25) is 0 Å². The standard InChI is InChI=1S/C23H41N4O6P/c1-19(28)16-25-9-10-26(17-20(2)29)12-14-27(13-11-25)18-22-4-6-23(7-5-22)21(3)24-8-15-33-34(30,31)32/h4-7,19-20,24,28-29H,3,8-18H2,1-2H3,(H2,30,31,32)/t19-,20-/m0/s1. The molecule has 0 radical (unpaired) electrons. The highest BCUT2D eigenvalue weighted by Gasteiger charge is 2.18. The van der Waals surface area contributed by atoms with E-state index in [1.165, 1.54) is 5.56 Å². The van der Waals surface area contributed by atoms with Gasteiger partial charge in [-0.05, 0) is 25.0 Å². The number of rotatable bonds is 12. The molecule has 1 aliphatic rings. The van der Waals surface area contributed by atoms with Crippen molar-refractivity contribution in [3.8, 4) is 0 Å². The Bertz CT molecular complexity index is 764. The average Bonchev–Trinajstić information content (AvgIpc) is 2.82. The number of aliphatic hydroxyl groups excluding tert-OH is 2. The smallest absolute Gasteiger partial charge is 0.392 e. The SMILES string of the molecule is C=C(NCCOP(=O)(O)O)c1ccc(CN2CCN(C[C@H](C)O)CCN(C[C@H](C)O)CC2)cc1. The molecule has 0 bridgehead atoms. The zero-order valence-electron chi connectivity index (χ0n) is 20.3. The predicted octanol–water partition coefficient (Wildman–Crippen LogP) is 0.537. The highest BCUT2D eigenvalue weighted by Crippen LogP contribution is 2.35. The Labute approximate surface area is 203 Å². The van der Waals surface area contributed by atoms with E-state index in [9.17, 15) is 14.8 Å². The normalized spacial score (nSPS) is 19.1. The van der Waals surface area contributed by atoms with E-state index in [2.05, 4.69) is 43.3 Å². The number of benzene rings is 1. The van der Waals surface area contributed by atoms with Gasteiger partial charge in [-0.2, -0.15) is 0 Å². The van der Waals surface area contributed by atoms with Gasteiger partial charge in [-0.1, -0.05) is 30.8 Å². The minimum Gasteiger partial charge on any atom is -0.392 e. The third-order valence-electron chi connectivity index (χ3n) is 5.65. The average molecular weight is 501 g/mol. The lowest BCUT2D eigenvalue weighted by Crippen LogP contribution is -2.41. The van der Waals surface area contributed by atoms with E-state index in [4.69, 9.17) is 9.79 Å². The second kappa shape index (κ2) is 14.3. The molecule has 34 heavy (non-hydrogen) atoms. The second-order valence-electron chi connectivity index (χ2n) is 9.00. The number of phosphoric ester groups is 1. The molecule has 0 saturated carbocycles. The van der Waals surface area contributed by atoms with Gasteiger partial charge in [-0.15, -0.1) is 0 Å². The summed E-state index contributed by atoms with van der Waals surface area (Å²) in [5, 5.41) is 22.7. The molecule has 0 aliphatic carbocycles. The fourth-order valence-corrected chi connectivity index (χ4v) is 4.32. The molecule has 1 heterocycles. The lowest BCUT2D eigenvalue weighted by molar-refractivity contribution is 0.102. The van der Waals surface area contributed by atoms with Gasteiger partial charge in [0, 0.05) is 71.1 Å². The number of nitrogens with one attached hydrogen (secondary N) is 1. The molecule has 11 heteroatoms. The highest BCUT2D eigenvalue weighted by molar-refractivity contribution is 7.46. The molecule has 0 unspecified atom stereocenters. The molecule has 1 aliphatic heterocycles. The van der Waals surface area contributed by atoms with Crippen LogP contribution in [0.15, 0.2) is 30.8 Å². The van der Waals surface area contributed by atoms with Gasteiger partial charge in [0.05, 0.1) is 18.8 Å². The largest absolute Gasteiger partial charge is 0.469 e. The number of phosphoric acid groups is 1. The molecule has 0 spiro atoms. The molecule has 2 rings (SSSR count). The van der Waals surface area contributed by atoms with Crippen molar-refractivity contribution in [2.24, 2.45) is 0 Å². The van der Waals surface area contributed by atoms with E-state index in [-0.39, 0.29) is 25.4 Å². The third-order valence-corrected chi connectivity index (χ3v) is 6.17. The van der Waals surface area contributed by atoms with Crippen LogP contribution in [-0.2, 0) is 15.6 Å². The predicted molar refractivity (Wildman–Crippen MR) is 133 cm³/mol. The van der Waals surface area contributed by atoms with Crippen LogP contribution in [0, 0.1) is 0 Å². The quantitative estimate of drug-likeness (QED) is 0.205. The zero-order valence-corrected chi connectivity index (χ0v) is 21.2. The van der Waals surface area contributed by atoms with Gasteiger partial charge in [0.15, 0.2) is 0 Å². The fraction of sp³-hybridized carbons (Fsp3) is 0.652. The molecule has 5 N–H and O–H groups in total. The summed E-state index contributed by atoms with van der Waals surface area (Å²) in [6.45, 7) is 15.1. The molecular formula is C23H41N4O6P. The van der Waals surface area contributed by atoms with Crippen LogP contribution in [0.5, 0.6) is 0 Å². The molecule has 10 nitrogen and oxygen atoms in total. The van der Waals surface area contributed by atoms with E-state index in [0.29, 0.717) is 18.8 Å². The summed E-state index contributed by atoms with van der Waals surface area (Å²) >= 11 is 0. The Morgan fingerprint density at radius 3 is 1.88 bits per heavy atom. The Balaban J connectivity index is 1.93. The van der Waals surface area contributed by atoms with Crippen LogP contribution in [0.4, 0.5) is 0 Å². The molecular weight excluding hydrogens is 459 g/mol. The van der Waals surface area contributed by atoms with E-state index in [0.717, 1.165) is 51.4 Å². The van der Waals surface area contributed by atoms with Crippen molar-refractivity contribution < 1.29 is 29.1 Å². The van der Waals surface area contributed by atoms with Gasteiger partial charge < -0.3 is 25.3 Å². The first-order valence-electron chi connectivity index (χ1n) is 11.8. The van der Waals surface area contributed by atoms with Crippen LogP contribution >= 0.6 is 7.82 Å². The topological polar surface area (TPSA) is 129 Å². The number of hydrogen-bond donors (Lipinski definition) is 5. The molecule has 1 saturated heterocycles. The van der Waals surface area contributed by atoms with Gasteiger partial charge in [0.1, 0.15) is 0 Å². The van der Waals surface area contributed by atoms with Crippen LogP contribution in [0.25, 0.3) is 5.70 Å². The first kappa shape index (κ1) is 28.9. The molecule has 0 aromatic heterocycles. The summed E-state index contributed by atoms with van der Waals surface area (Å²) in [7, 11) is -4.46. The van der Waals surface area contributed by atoms with Crippen molar-refractivity contribution >= 4 is 13.5 Å². The number of hydrogen-bond acceptors (Lipinski definition) is 8.